The van der Waals surface area contributed by atoms with Crippen LogP contribution in [0.4, 0.5) is 0 Å². The van der Waals surface area contributed by atoms with Gasteiger partial charge in [0.05, 0.1) is 0 Å². The van der Waals surface area contributed by atoms with Gasteiger partial charge in [-0.1, -0.05) is 12.8 Å². The molecule has 2 saturated carbocycles. The molecule has 1 aliphatic heterocycles. The van der Waals surface area contributed by atoms with Crippen LogP contribution in [0.1, 0.15) is 64.2 Å². The topological polar surface area (TPSA) is 44.8 Å². The van der Waals surface area contributed by atoms with Crippen LogP contribution in [0.15, 0.2) is 0 Å². The average molecular weight is 240 g/mol. The lowest BCUT2D eigenvalue weighted by molar-refractivity contribution is -0.488. The molecule has 1 saturated heterocycles. The summed E-state index contributed by atoms with van der Waals surface area (Å²) < 4.78 is 5.62. The molecule has 0 aromatic rings. The molecule has 96 valence electrons. The number of ether oxygens (including phenoxy) is 1. The first kappa shape index (κ1) is 11.5. The zero-order valence-corrected chi connectivity index (χ0v) is 10.2. The van der Waals surface area contributed by atoms with Crippen LogP contribution in [0.3, 0.4) is 0 Å². The van der Waals surface area contributed by atoms with Gasteiger partial charge in [0, 0.05) is 12.8 Å². The lowest BCUT2D eigenvalue weighted by atomic mass is 9.84. The van der Waals surface area contributed by atoms with Gasteiger partial charge in [-0.05, 0) is 38.5 Å². The quantitative estimate of drug-likeness (QED) is 0.482. The van der Waals surface area contributed by atoms with Crippen LogP contribution in [0.5, 0.6) is 0 Å². The molecule has 0 unspecified atom stereocenters. The van der Waals surface area contributed by atoms with Crippen molar-refractivity contribution in [3.8, 4) is 0 Å². The summed E-state index contributed by atoms with van der Waals surface area (Å²) in [6.07, 6.45) is 9.51. The molecule has 0 aromatic carbocycles. The van der Waals surface area contributed by atoms with Crippen LogP contribution in [-0.2, 0) is 19.3 Å². The third-order valence-corrected chi connectivity index (χ3v) is 4.28. The summed E-state index contributed by atoms with van der Waals surface area (Å²) in [6, 6.07) is 0. The van der Waals surface area contributed by atoms with Crippen LogP contribution in [0.25, 0.3) is 0 Å². The first-order valence-electron chi connectivity index (χ1n) is 6.85. The molecular formula is C13H20O4. The maximum atomic E-state index is 12.2. The summed E-state index contributed by atoms with van der Waals surface area (Å²) in [4.78, 5) is 23.3. The van der Waals surface area contributed by atoms with E-state index in [0.29, 0.717) is 0 Å². The van der Waals surface area contributed by atoms with Crippen molar-refractivity contribution in [1.82, 2.24) is 0 Å². The van der Waals surface area contributed by atoms with Gasteiger partial charge < -0.3 is 4.74 Å². The average Bonchev–Trinajstić information content (AvgIpc) is 2.37. The fraction of sp³-hybridized carbons (Fsp3) is 0.923. The number of carbonyl (C=O) groups excluding carboxylic acids is 1. The van der Waals surface area contributed by atoms with E-state index < -0.39 is 11.4 Å². The maximum absolute atomic E-state index is 12.2. The van der Waals surface area contributed by atoms with E-state index in [4.69, 9.17) is 14.5 Å². The molecule has 0 bridgehead atoms. The van der Waals surface area contributed by atoms with Gasteiger partial charge in [0.1, 0.15) is 0 Å². The summed E-state index contributed by atoms with van der Waals surface area (Å²) >= 11 is 0. The van der Waals surface area contributed by atoms with Crippen molar-refractivity contribution in [3.63, 3.8) is 0 Å². The minimum Gasteiger partial charge on any atom is -0.428 e. The van der Waals surface area contributed by atoms with E-state index in [1.165, 1.54) is 12.8 Å². The van der Waals surface area contributed by atoms with Crippen LogP contribution >= 0.6 is 0 Å². The fourth-order valence-electron chi connectivity index (χ4n) is 3.15. The van der Waals surface area contributed by atoms with E-state index in [1.54, 1.807) is 0 Å². The molecule has 3 fully saturated rings. The van der Waals surface area contributed by atoms with Gasteiger partial charge in [-0.2, -0.15) is 4.89 Å². The van der Waals surface area contributed by atoms with Crippen molar-refractivity contribution in [2.24, 2.45) is 0 Å². The molecule has 3 rings (SSSR count). The Morgan fingerprint density at radius 2 is 1.35 bits per heavy atom. The molecule has 17 heavy (non-hydrogen) atoms. The number of hydrogen-bond acceptors (Lipinski definition) is 4. The second-order valence-corrected chi connectivity index (χ2v) is 5.58. The lowest BCUT2D eigenvalue weighted by Gasteiger charge is -2.45. The highest BCUT2D eigenvalue weighted by Gasteiger charge is 2.54. The van der Waals surface area contributed by atoms with Crippen molar-refractivity contribution >= 4 is 5.97 Å². The van der Waals surface area contributed by atoms with Crippen LogP contribution < -0.4 is 0 Å². The Labute approximate surface area is 102 Å². The Balaban J connectivity index is 1.72. The Kier molecular flexibility index (Phi) is 2.87. The third-order valence-electron chi connectivity index (χ3n) is 4.28. The molecular weight excluding hydrogens is 220 g/mol. The number of rotatable bonds is 0. The van der Waals surface area contributed by atoms with Gasteiger partial charge in [-0.3, -0.25) is 0 Å². The predicted octanol–water partition coefficient (Wildman–Crippen LogP) is 2.85. The molecule has 0 radical (unpaired) electrons. The van der Waals surface area contributed by atoms with Gasteiger partial charge in [0.15, 0.2) is 0 Å². The smallest absolute Gasteiger partial charge is 0.344 e. The Bertz CT molecular complexity index is 301. The van der Waals surface area contributed by atoms with Crippen LogP contribution in [-0.4, -0.2) is 17.4 Å². The normalized spacial score (nSPS) is 31.4. The van der Waals surface area contributed by atoms with Crippen molar-refractivity contribution < 1.29 is 19.3 Å². The number of esters is 1. The molecule has 4 heteroatoms. The minimum absolute atomic E-state index is 0.189. The second kappa shape index (κ2) is 4.25. The molecule has 0 amide bonds. The summed E-state index contributed by atoms with van der Waals surface area (Å²) in [5.74, 6) is -0.955. The number of hydrogen-bond donors (Lipinski definition) is 0. The minimum atomic E-state index is -0.791. The lowest BCUT2D eigenvalue weighted by Crippen LogP contribution is -2.57. The van der Waals surface area contributed by atoms with E-state index in [2.05, 4.69) is 0 Å². The van der Waals surface area contributed by atoms with E-state index in [-0.39, 0.29) is 5.97 Å². The monoisotopic (exact) mass is 240 g/mol. The van der Waals surface area contributed by atoms with Crippen molar-refractivity contribution in [2.45, 2.75) is 75.6 Å². The molecule has 2 spiro atoms. The van der Waals surface area contributed by atoms with Gasteiger partial charge in [-0.15, -0.1) is 0 Å². The van der Waals surface area contributed by atoms with Gasteiger partial charge >= 0.3 is 5.97 Å². The highest BCUT2D eigenvalue weighted by atomic mass is 17.3. The van der Waals surface area contributed by atoms with Crippen molar-refractivity contribution in [2.75, 3.05) is 0 Å². The van der Waals surface area contributed by atoms with Crippen molar-refractivity contribution in [1.29, 1.82) is 0 Å². The van der Waals surface area contributed by atoms with Crippen LogP contribution in [0, 0.1) is 0 Å². The van der Waals surface area contributed by atoms with E-state index >= 15 is 0 Å². The fourth-order valence-corrected chi connectivity index (χ4v) is 3.15. The molecule has 0 N–H and O–H groups in total. The van der Waals surface area contributed by atoms with E-state index in [1.807, 2.05) is 0 Å². The van der Waals surface area contributed by atoms with E-state index in [0.717, 1.165) is 51.4 Å². The molecule has 4 nitrogen and oxygen atoms in total. The summed E-state index contributed by atoms with van der Waals surface area (Å²) in [7, 11) is 0. The maximum Gasteiger partial charge on any atom is 0.344 e. The summed E-state index contributed by atoms with van der Waals surface area (Å²) in [6.45, 7) is 0. The standard InChI is InChI=1S/C13H20O4/c14-11-12(7-3-1-4-8-12)16-17-13(15-11)9-5-2-6-10-13/h1-10H2. The zero-order valence-electron chi connectivity index (χ0n) is 10.2. The first-order chi connectivity index (χ1) is 8.25. The van der Waals surface area contributed by atoms with Crippen LogP contribution in [0.2, 0.25) is 0 Å². The third kappa shape index (κ3) is 1.97. The SMILES string of the molecule is O=C1OC2(CCCCC2)OOC12CCCCC2. The highest BCUT2D eigenvalue weighted by molar-refractivity contribution is 5.80. The van der Waals surface area contributed by atoms with Gasteiger partial charge in [-0.25, -0.2) is 9.68 Å². The molecule has 0 aromatic heterocycles. The molecule has 2 aliphatic carbocycles. The Morgan fingerprint density at radius 1 is 0.765 bits per heavy atom. The van der Waals surface area contributed by atoms with E-state index in [9.17, 15) is 4.79 Å². The molecule has 0 atom stereocenters. The Morgan fingerprint density at radius 3 is 1.94 bits per heavy atom. The Hall–Kier alpha value is -0.610. The molecule has 1 heterocycles. The highest BCUT2D eigenvalue weighted by Crippen LogP contribution is 2.43. The molecule has 3 aliphatic rings. The zero-order chi connectivity index (χ0) is 11.8. The summed E-state index contributed by atoms with van der Waals surface area (Å²) in [5, 5.41) is 0. The number of carbonyl (C=O) groups is 1. The van der Waals surface area contributed by atoms with Crippen molar-refractivity contribution in [3.05, 3.63) is 0 Å². The largest absolute Gasteiger partial charge is 0.428 e. The summed E-state index contributed by atoms with van der Waals surface area (Å²) in [5.41, 5.74) is -0.791. The second-order valence-electron chi connectivity index (χ2n) is 5.58. The van der Waals surface area contributed by atoms with Gasteiger partial charge in [0.2, 0.25) is 11.4 Å². The predicted molar refractivity (Wildman–Crippen MR) is 59.9 cm³/mol. The van der Waals surface area contributed by atoms with Gasteiger partial charge in [0.25, 0.3) is 0 Å². The first-order valence-corrected chi connectivity index (χ1v) is 6.85.